The molecular formula is C19H28N2O5S. The second-order valence-corrected chi connectivity index (χ2v) is 9.19. The fraction of sp³-hybridized carbons (Fsp3) is 0.632. The molecule has 0 radical (unpaired) electrons. The molecule has 1 saturated heterocycles. The predicted molar refractivity (Wildman–Crippen MR) is 102 cm³/mol. The Morgan fingerprint density at radius 3 is 2.78 bits per heavy atom. The summed E-state index contributed by atoms with van der Waals surface area (Å²) < 4.78 is 36.2. The van der Waals surface area contributed by atoms with Gasteiger partial charge in [0.2, 0.25) is 5.91 Å². The van der Waals surface area contributed by atoms with Crippen LogP contribution in [0.5, 0.6) is 11.5 Å². The van der Waals surface area contributed by atoms with Gasteiger partial charge in [-0.3, -0.25) is 4.79 Å². The van der Waals surface area contributed by atoms with Crippen LogP contribution in [0.3, 0.4) is 0 Å². The molecule has 2 aliphatic rings. The maximum Gasteiger partial charge on any atom is 0.221 e. The fourth-order valence-electron chi connectivity index (χ4n) is 3.36. The molecule has 1 aromatic carbocycles. The van der Waals surface area contributed by atoms with Crippen molar-refractivity contribution in [2.75, 3.05) is 38.6 Å². The van der Waals surface area contributed by atoms with Crippen molar-refractivity contribution >= 4 is 15.7 Å². The van der Waals surface area contributed by atoms with Crippen molar-refractivity contribution in [1.29, 1.82) is 0 Å². The van der Waals surface area contributed by atoms with Crippen molar-refractivity contribution in [2.45, 2.75) is 37.0 Å². The Morgan fingerprint density at radius 2 is 2.00 bits per heavy atom. The van der Waals surface area contributed by atoms with Gasteiger partial charge in [-0.25, -0.2) is 8.42 Å². The van der Waals surface area contributed by atoms with Gasteiger partial charge in [0.25, 0.3) is 0 Å². The van der Waals surface area contributed by atoms with Crippen molar-refractivity contribution < 1.29 is 22.7 Å². The van der Waals surface area contributed by atoms with Crippen molar-refractivity contribution in [2.24, 2.45) is 5.92 Å². The van der Waals surface area contributed by atoms with Crippen LogP contribution in [0.25, 0.3) is 0 Å². The van der Waals surface area contributed by atoms with E-state index in [0.29, 0.717) is 37.2 Å². The van der Waals surface area contributed by atoms with Gasteiger partial charge in [-0.05, 0) is 50.4 Å². The summed E-state index contributed by atoms with van der Waals surface area (Å²) in [4.78, 5) is 12.2. The van der Waals surface area contributed by atoms with Gasteiger partial charge in [0.1, 0.15) is 0 Å². The Morgan fingerprint density at radius 1 is 1.19 bits per heavy atom. The Balaban J connectivity index is 1.47. The van der Waals surface area contributed by atoms with Gasteiger partial charge >= 0.3 is 0 Å². The van der Waals surface area contributed by atoms with E-state index in [1.54, 1.807) is 6.07 Å². The molecule has 1 unspecified atom stereocenters. The molecule has 2 N–H and O–H groups in total. The molecule has 150 valence electrons. The normalized spacial score (nSPS) is 19.9. The van der Waals surface area contributed by atoms with Crippen LogP contribution in [0, 0.1) is 5.92 Å². The van der Waals surface area contributed by atoms with Crippen molar-refractivity contribution in [1.82, 2.24) is 10.6 Å². The third-order valence-corrected chi connectivity index (χ3v) is 6.66. The summed E-state index contributed by atoms with van der Waals surface area (Å²) in [6.45, 7) is 3.70. The Kier molecular flexibility index (Phi) is 6.95. The second kappa shape index (κ2) is 9.41. The molecule has 2 aliphatic heterocycles. The van der Waals surface area contributed by atoms with Gasteiger partial charge < -0.3 is 20.1 Å². The van der Waals surface area contributed by atoms with Crippen LogP contribution in [0.4, 0.5) is 0 Å². The van der Waals surface area contributed by atoms with Crippen molar-refractivity contribution in [3.63, 3.8) is 0 Å². The molecule has 1 fully saturated rings. The highest BCUT2D eigenvalue weighted by Crippen LogP contribution is 2.32. The van der Waals surface area contributed by atoms with Crippen LogP contribution in [-0.2, 0) is 14.6 Å². The molecule has 0 saturated carbocycles. The first-order valence-electron chi connectivity index (χ1n) is 9.64. The molecule has 1 amide bonds. The quantitative estimate of drug-likeness (QED) is 0.726. The lowest BCUT2D eigenvalue weighted by atomic mass is 9.96. The lowest BCUT2D eigenvalue weighted by Crippen LogP contribution is -2.33. The van der Waals surface area contributed by atoms with Crippen LogP contribution in [0.1, 0.15) is 32.1 Å². The first-order valence-corrected chi connectivity index (χ1v) is 11.3. The third kappa shape index (κ3) is 5.84. The number of piperidine rings is 1. The Bertz CT molecular complexity index is 744. The van der Waals surface area contributed by atoms with Crippen molar-refractivity contribution in [3.8, 4) is 11.5 Å². The minimum absolute atomic E-state index is 0.0420. The van der Waals surface area contributed by atoms with Crippen LogP contribution in [-0.4, -0.2) is 52.9 Å². The molecular weight excluding hydrogens is 368 g/mol. The lowest BCUT2D eigenvalue weighted by molar-refractivity contribution is -0.120. The number of hydrogen-bond donors (Lipinski definition) is 2. The molecule has 1 atom stereocenters. The lowest BCUT2D eigenvalue weighted by Gasteiger charge is -2.22. The standard InChI is InChI=1S/C19H28N2O5S/c22-19(21-9-6-15-3-1-8-20-14-15)7-12-27(23,24)16-4-5-17-18(13-16)26-11-2-10-25-17/h4-5,13,15,20H,1-3,6-12,14H2,(H,21,22). The number of hydrogen-bond acceptors (Lipinski definition) is 6. The van der Waals surface area contributed by atoms with E-state index in [2.05, 4.69) is 10.6 Å². The first kappa shape index (κ1) is 19.9. The number of carbonyl (C=O) groups excluding carboxylic acids is 1. The van der Waals surface area contributed by atoms with Crippen molar-refractivity contribution in [3.05, 3.63) is 18.2 Å². The molecule has 8 heteroatoms. The molecule has 27 heavy (non-hydrogen) atoms. The Hall–Kier alpha value is -1.80. The average Bonchev–Trinajstić information content (AvgIpc) is 2.92. The minimum Gasteiger partial charge on any atom is -0.490 e. The van der Waals surface area contributed by atoms with E-state index in [0.717, 1.165) is 25.9 Å². The minimum atomic E-state index is -3.55. The number of fused-ring (bicyclic) bond motifs is 1. The van der Waals surface area contributed by atoms with E-state index >= 15 is 0 Å². The molecule has 0 spiro atoms. The van der Waals surface area contributed by atoms with E-state index < -0.39 is 9.84 Å². The van der Waals surface area contributed by atoms with Crippen LogP contribution < -0.4 is 20.1 Å². The summed E-state index contributed by atoms with van der Waals surface area (Å²) in [5.74, 6) is 1.14. The van der Waals surface area contributed by atoms with Crippen LogP contribution in [0.2, 0.25) is 0 Å². The monoisotopic (exact) mass is 396 g/mol. The molecule has 1 aromatic rings. The molecule has 0 bridgehead atoms. The summed E-state index contributed by atoms with van der Waals surface area (Å²) in [6.07, 6.45) is 3.99. The molecule has 7 nitrogen and oxygen atoms in total. The van der Waals surface area contributed by atoms with Gasteiger partial charge in [-0.1, -0.05) is 0 Å². The van der Waals surface area contributed by atoms with E-state index in [9.17, 15) is 13.2 Å². The number of benzene rings is 1. The van der Waals surface area contributed by atoms with E-state index in [-0.39, 0.29) is 23.0 Å². The van der Waals surface area contributed by atoms with Gasteiger partial charge in [0, 0.05) is 25.5 Å². The van der Waals surface area contributed by atoms with Crippen LogP contribution in [0.15, 0.2) is 23.1 Å². The van der Waals surface area contributed by atoms with Gasteiger partial charge in [0.15, 0.2) is 21.3 Å². The van der Waals surface area contributed by atoms with E-state index in [1.165, 1.54) is 25.0 Å². The average molecular weight is 397 g/mol. The number of nitrogens with one attached hydrogen (secondary N) is 2. The Labute approximate surface area is 160 Å². The van der Waals surface area contributed by atoms with Gasteiger partial charge in [-0.15, -0.1) is 0 Å². The van der Waals surface area contributed by atoms with Crippen LogP contribution >= 0.6 is 0 Å². The summed E-state index contributed by atoms with van der Waals surface area (Å²) >= 11 is 0. The molecule has 0 aliphatic carbocycles. The largest absolute Gasteiger partial charge is 0.490 e. The zero-order valence-electron chi connectivity index (χ0n) is 15.5. The van der Waals surface area contributed by atoms with E-state index in [1.807, 2.05) is 0 Å². The maximum atomic E-state index is 12.5. The summed E-state index contributed by atoms with van der Waals surface area (Å²) in [7, 11) is -3.55. The fourth-order valence-corrected chi connectivity index (χ4v) is 4.61. The summed E-state index contributed by atoms with van der Waals surface area (Å²) in [6, 6.07) is 4.62. The SMILES string of the molecule is O=C(CCS(=O)(=O)c1ccc2c(c1)OCCCO2)NCCC1CCCNC1. The molecule has 0 aromatic heterocycles. The van der Waals surface area contributed by atoms with E-state index in [4.69, 9.17) is 9.47 Å². The number of carbonyl (C=O) groups is 1. The number of rotatable bonds is 7. The zero-order chi connectivity index (χ0) is 19.1. The summed E-state index contributed by atoms with van der Waals surface area (Å²) in [5.41, 5.74) is 0. The number of amides is 1. The predicted octanol–water partition coefficient (Wildman–Crippen LogP) is 1.52. The van der Waals surface area contributed by atoms with Gasteiger partial charge in [-0.2, -0.15) is 0 Å². The summed E-state index contributed by atoms with van der Waals surface area (Å²) in [5, 5.41) is 6.19. The molecule has 2 heterocycles. The maximum absolute atomic E-state index is 12.5. The first-order chi connectivity index (χ1) is 13.0. The highest BCUT2D eigenvalue weighted by atomic mass is 32.2. The number of ether oxygens (including phenoxy) is 2. The smallest absolute Gasteiger partial charge is 0.221 e. The highest BCUT2D eigenvalue weighted by Gasteiger charge is 2.20. The number of sulfone groups is 1. The molecule has 3 rings (SSSR count). The highest BCUT2D eigenvalue weighted by molar-refractivity contribution is 7.91. The topological polar surface area (TPSA) is 93.7 Å². The van der Waals surface area contributed by atoms with Gasteiger partial charge in [0.05, 0.1) is 23.9 Å². The third-order valence-electron chi connectivity index (χ3n) is 4.95. The second-order valence-electron chi connectivity index (χ2n) is 7.08. The zero-order valence-corrected chi connectivity index (χ0v) is 16.4.